The Morgan fingerprint density at radius 2 is 2.27 bits per heavy atom. The van der Waals surface area contributed by atoms with Gasteiger partial charge in [0.1, 0.15) is 5.75 Å². The van der Waals surface area contributed by atoms with Crippen LogP contribution in [0.5, 0.6) is 5.75 Å². The number of hydrogen-bond donors (Lipinski definition) is 0. The first kappa shape index (κ1) is 9.71. The molecule has 4 heteroatoms. The van der Waals surface area contributed by atoms with Gasteiger partial charge in [-0.25, -0.2) is 0 Å². The van der Waals surface area contributed by atoms with Crippen LogP contribution < -0.4 is 4.74 Å². The van der Waals surface area contributed by atoms with Crippen molar-refractivity contribution in [1.29, 1.82) is 0 Å². The van der Waals surface area contributed by atoms with Gasteiger partial charge in [0, 0.05) is 12.5 Å². The molecule has 0 bridgehead atoms. The zero-order valence-corrected chi connectivity index (χ0v) is 8.73. The van der Waals surface area contributed by atoms with Gasteiger partial charge < -0.3 is 9.26 Å². The van der Waals surface area contributed by atoms with Gasteiger partial charge in [-0.3, -0.25) is 0 Å². The third kappa shape index (κ3) is 2.15. The molecule has 1 aromatic heterocycles. The summed E-state index contributed by atoms with van der Waals surface area (Å²) >= 11 is 0. The SMILES string of the molecule is CCOc1cccc(-c2noc(C)n2)c1. The lowest BCUT2D eigenvalue weighted by molar-refractivity contribution is 0.340. The smallest absolute Gasteiger partial charge is 0.223 e. The van der Waals surface area contributed by atoms with Crippen LogP contribution in [0.3, 0.4) is 0 Å². The summed E-state index contributed by atoms with van der Waals surface area (Å²) in [5.74, 6) is 1.97. The second-order valence-corrected chi connectivity index (χ2v) is 3.10. The average molecular weight is 204 g/mol. The molecule has 2 rings (SSSR count). The second kappa shape index (κ2) is 4.13. The highest BCUT2D eigenvalue weighted by molar-refractivity contribution is 5.56. The number of aromatic nitrogens is 2. The summed E-state index contributed by atoms with van der Waals surface area (Å²) in [5.41, 5.74) is 0.901. The van der Waals surface area contributed by atoms with Gasteiger partial charge in [0.15, 0.2) is 0 Å². The molecule has 0 amide bonds. The molecule has 0 saturated heterocycles. The summed E-state index contributed by atoms with van der Waals surface area (Å²) in [6.45, 7) is 4.36. The van der Waals surface area contributed by atoms with Crippen LogP contribution in [0.15, 0.2) is 28.8 Å². The van der Waals surface area contributed by atoms with E-state index in [-0.39, 0.29) is 0 Å². The van der Waals surface area contributed by atoms with Crippen molar-refractivity contribution >= 4 is 0 Å². The maximum Gasteiger partial charge on any atom is 0.223 e. The molecule has 0 aliphatic heterocycles. The monoisotopic (exact) mass is 204 g/mol. The number of ether oxygens (including phenoxy) is 1. The van der Waals surface area contributed by atoms with E-state index in [0.29, 0.717) is 18.3 Å². The van der Waals surface area contributed by atoms with Crippen LogP contribution in [0.2, 0.25) is 0 Å². The normalized spacial score (nSPS) is 10.3. The number of aryl methyl sites for hydroxylation is 1. The van der Waals surface area contributed by atoms with Gasteiger partial charge in [0.25, 0.3) is 0 Å². The Bertz CT molecular complexity index is 451. The largest absolute Gasteiger partial charge is 0.494 e. The van der Waals surface area contributed by atoms with E-state index in [9.17, 15) is 0 Å². The fourth-order valence-electron chi connectivity index (χ4n) is 1.31. The Kier molecular flexibility index (Phi) is 2.67. The fraction of sp³-hybridized carbons (Fsp3) is 0.273. The highest BCUT2D eigenvalue weighted by Gasteiger charge is 2.05. The molecular weight excluding hydrogens is 192 g/mol. The predicted molar refractivity (Wildman–Crippen MR) is 55.6 cm³/mol. The van der Waals surface area contributed by atoms with Gasteiger partial charge in [-0.15, -0.1) is 0 Å². The van der Waals surface area contributed by atoms with Crippen molar-refractivity contribution in [2.24, 2.45) is 0 Å². The second-order valence-electron chi connectivity index (χ2n) is 3.10. The van der Waals surface area contributed by atoms with Crippen molar-refractivity contribution < 1.29 is 9.26 Å². The van der Waals surface area contributed by atoms with Crippen LogP contribution >= 0.6 is 0 Å². The topological polar surface area (TPSA) is 48.2 Å². The molecule has 4 nitrogen and oxygen atoms in total. The number of rotatable bonds is 3. The van der Waals surface area contributed by atoms with E-state index in [0.717, 1.165) is 11.3 Å². The van der Waals surface area contributed by atoms with Crippen molar-refractivity contribution in [1.82, 2.24) is 10.1 Å². The van der Waals surface area contributed by atoms with E-state index in [4.69, 9.17) is 9.26 Å². The molecule has 0 saturated carbocycles. The zero-order valence-electron chi connectivity index (χ0n) is 8.73. The predicted octanol–water partition coefficient (Wildman–Crippen LogP) is 2.44. The Hall–Kier alpha value is -1.84. The Morgan fingerprint density at radius 1 is 1.40 bits per heavy atom. The maximum atomic E-state index is 5.39. The first-order valence-corrected chi connectivity index (χ1v) is 4.83. The Morgan fingerprint density at radius 3 is 2.93 bits per heavy atom. The van der Waals surface area contributed by atoms with Crippen molar-refractivity contribution in [3.05, 3.63) is 30.2 Å². The van der Waals surface area contributed by atoms with Crippen molar-refractivity contribution in [3.63, 3.8) is 0 Å². The van der Waals surface area contributed by atoms with Crippen LogP contribution in [-0.2, 0) is 0 Å². The third-order valence-electron chi connectivity index (χ3n) is 1.93. The molecule has 0 spiro atoms. The molecule has 0 fully saturated rings. The lowest BCUT2D eigenvalue weighted by atomic mass is 10.2. The molecule has 0 atom stereocenters. The van der Waals surface area contributed by atoms with E-state index in [1.807, 2.05) is 31.2 Å². The van der Waals surface area contributed by atoms with Gasteiger partial charge >= 0.3 is 0 Å². The minimum absolute atomic E-state index is 0.562. The standard InChI is InChI=1S/C11H12N2O2/c1-3-14-10-6-4-5-9(7-10)11-12-8(2)15-13-11/h4-7H,3H2,1-2H3. The van der Waals surface area contributed by atoms with Gasteiger partial charge in [-0.2, -0.15) is 4.98 Å². The molecule has 78 valence electrons. The highest BCUT2D eigenvalue weighted by Crippen LogP contribution is 2.21. The quantitative estimate of drug-likeness (QED) is 0.770. The molecular formula is C11H12N2O2. The highest BCUT2D eigenvalue weighted by atomic mass is 16.5. The lowest BCUT2D eigenvalue weighted by Crippen LogP contribution is -1.91. The zero-order chi connectivity index (χ0) is 10.7. The summed E-state index contributed by atoms with van der Waals surface area (Å²) in [4.78, 5) is 4.15. The summed E-state index contributed by atoms with van der Waals surface area (Å²) in [6, 6.07) is 7.63. The minimum Gasteiger partial charge on any atom is -0.494 e. The summed E-state index contributed by atoms with van der Waals surface area (Å²) < 4.78 is 10.3. The maximum absolute atomic E-state index is 5.39. The number of hydrogen-bond acceptors (Lipinski definition) is 4. The molecule has 0 aliphatic rings. The van der Waals surface area contributed by atoms with Gasteiger partial charge in [0.2, 0.25) is 11.7 Å². The summed E-state index contributed by atoms with van der Waals surface area (Å²) in [5, 5.41) is 3.85. The fourth-order valence-corrected chi connectivity index (χ4v) is 1.31. The van der Waals surface area contributed by atoms with Crippen LogP contribution in [0.4, 0.5) is 0 Å². The summed E-state index contributed by atoms with van der Waals surface area (Å²) in [7, 11) is 0. The van der Waals surface area contributed by atoms with Crippen molar-refractivity contribution in [2.75, 3.05) is 6.61 Å². The van der Waals surface area contributed by atoms with Crippen LogP contribution in [-0.4, -0.2) is 16.7 Å². The van der Waals surface area contributed by atoms with Gasteiger partial charge in [0.05, 0.1) is 6.61 Å². The molecule has 0 unspecified atom stereocenters. The van der Waals surface area contributed by atoms with E-state index >= 15 is 0 Å². The van der Waals surface area contributed by atoms with E-state index in [2.05, 4.69) is 10.1 Å². The van der Waals surface area contributed by atoms with Crippen molar-refractivity contribution in [3.8, 4) is 17.1 Å². The molecule has 0 radical (unpaired) electrons. The molecule has 2 aromatic rings. The van der Waals surface area contributed by atoms with E-state index in [1.54, 1.807) is 6.92 Å². The molecule has 1 aromatic carbocycles. The number of nitrogens with zero attached hydrogens (tertiary/aromatic N) is 2. The first-order valence-electron chi connectivity index (χ1n) is 4.83. The summed E-state index contributed by atoms with van der Waals surface area (Å²) in [6.07, 6.45) is 0. The molecule has 1 heterocycles. The van der Waals surface area contributed by atoms with Crippen LogP contribution in [0.1, 0.15) is 12.8 Å². The lowest BCUT2D eigenvalue weighted by Gasteiger charge is -2.02. The Labute approximate surface area is 87.9 Å². The number of benzene rings is 1. The van der Waals surface area contributed by atoms with E-state index in [1.165, 1.54) is 0 Å². The molecule has 0 N–H and O–H groups in total. The van der Waals surface area contributed by atoms with E-state index < -0.39 is 0 Å². The first-order chi connectivity index (χ1) is 7.29. The Balaban J connectivity index is 2.32. The van der Waals surface area contributed by atoms with Crippen molar-refractivity contribution in [2.45, 2.75) is 13.8 Å². The van der Waals surface area contributed by atoms with Gasteiger partial charge in [-0.1, -0.05) is 17.3 Å². The van der Waals surface area contributed by atoms with Gasteiger partial charge in [-0.05, 0) is 19.1 Å². The van der Waals surface area contributed by atoms with Crippen LogP contribution in [0.25, 0.3) is 11.4 Å². The minimum atomic E-state index is 0.562. The third-order valence-corrected chi connectivity index (χ3v) is 1.93. The molecule has 0 aliphatic carbocycles. The van der Waals surface area contributed by atoms with Crippen LogP contribution in [0, 0.1) is 6.92 Å². The average Bonchev–Trinajstić information content (AvgIpc) is 2.66. The molecule has 15 heavy (non-hydrogen) atoms.